The van der Waals surface area contributed by atoms with E-state index in [-0.39, 0.29) is 0 Å². The first-order valence-electron chi connectivity index (χ1n) is 6.89. The summed E-state index contributed by atoms with van der Waals surface area (Å²) in [5.41, 5.74) is 1.65. The summed E-state index contributed by atoms with van der Waals surface area (Å²) in [6.45, 7) is 11.4. The van der Waals surface area contributed by atoms with Gasteiger partial charge in [0.1, 0.15) is 0 Å². The highest BCUT2D eigenvalue weighted by Crippen LogP contribution is 2.19. The molecule has 0 fully saturated rings. The molecule has 18 heavy (non-hydrogen) atoms. The van der Waals surface area contributed by atoms with Gasteiger partial charge in [-0.25, -0.2) is 0 Å². The van der Waals surface area contributed by atoms with Crippen molar-refractivity contribution in [1.82, 2.24) is 5.32 Å². The number of likely N-dealkylation sites (N-methyl/N-ethyl adjacent to an activating group) is 1. The average molecular weight is 249 g/mol. The van der Waals surface area contributed by atoms with Gasteiger partial charge in [-0.05, 0) is 23.9 Å². The maximum atomic E-state index is 5.82. The van der Waals surface area contributed by atoms with Crippen LogP contribution in [0.5, 0.6) is 0 Å². The van der Waals surface area contributed by atoms with E-state index in [2.05, 4.69) is 57.3 Å². The van der Waals surface area contributed by atoms with E-state index in [4.69, 9.17) is 4.74 Å². The molecule has 0 aliphatic carbocycles. The second-order valence-corrected chi connectivity index (χ2v) is 5.91. The third kappa shape index (κ3) is 6.18. The van der Waals surface area contributed by atoms with Crippen LogP contribution in [0, 0.1) is 5.41 Å². The van der Waals surface area contributed by atoms with Gasteiger partial charge >= 0.3 is 0 Å². The lowest BCUT2D eigenvalue weighted by Gasteiger charge is -2.21. The van der Waals surface area contributed by atoms with Crippen LogP contribution in [0.4, 0.5) is 0 Å². The SMILES string of the molecule is CCNC(COCCC(C)(C)C)c1ccccc1. The van der Waals surface area contributed by atoms with Crippen LogP contribution < -0.4 is 5.32 Å². The molecule has 1 aromatic carbocycles. The molecule has 1 aromatic rings. The molecule has 2 heteroatoms. The third-order valence-electron chi connectivity index (χ3n) is 2.93. The number of ether oxygens (including phenoxy) is 1. The first kappa shape index (κ1) is 15.2. The van der Waals surface area contributed by atoms with E-state index in [9.17, 15) is 0 Å². The second-order valence-electron chi connectivity index (χ2n) is 5.91. The summed E-state index contributed by atoms with van der Waals surface area (Å²) in [6, 6.07) is 10.8. The molecule has 0 spiro atoms. The van der Waals surface area contributed by atoms with Gasteiger partial charge in [0.15, 0.2) is 0 Å². The van der Waals surface area contributed by atoms with E-state index in [0.29, 0.717) is 11.5 Å². The molecule has 2 nitrogen and oxygen atoms in total. The van der Waals surface area contributed by atoms with Gasteiger partial charge in [-0.3, -0.25) is 0 Å². The molecule has 0 saturated carbocycles. The zero-order chi connectivity index (χ0) is 13.4. The van der Waals surface area contributed by atoms with Crippen molar-refractivity contribution in [2.24, 2.45) is 5.41 Å². The molecule has 0 heterocycles. The highest BCUT2D eigenvalue weighted by molar-refractivity contribution is 5.18. The third-order valence-corrected chi connectivity index (χ3v) is 2.93. The summed E-state index contributed by atoms with van der Waals surface area (Å²) in [6.07, 6.45) is 1.10. The van der Waals surface area contributed by atoms with E-state index in [0.717, 1.165) is 26.2 Å². The largest absolute Gasteiger partial charge is 0.379 e. The Hall–Kier alpha value is -0.860. The highest BCUT2D eigenvalue weighted by atomic mass is 16.5. The molecule has 0 radical (unpaired) electrons. The molecule has 0 aliphatic rings. The zero-order valence-electron chi connectivity index (χ0n) is 12.2. The van der Waals surface area contributed by atoms with Gasteiger partial charge in [-0.15, -0.1) is 0 Å². The fourth-order valence-corrected chi connectivity index (χ4v) is 1.78. The molecule has 0 bridgehead atoms. The van der Waals surface area contributed by atoms with E-state index >= 15 is 0 Å². The number of hydrogen-bond donors (Lipinski definition) is 1. The van der Waals surface area contributed by atoms with Crippen molar-refractivity contribution in [3.05, 3.63) is 35.9 Å². The van der Waals surface area contributed by atoms with Crippen LogP contribution in [-0.4, -0.2) is 19.8 Å². The van der Waals surface area contributed by atoms with Crippen molar-refractivity contribution in [2.45, 2.75) is 40.2 Å². The average Bonchev–Trinajstić information content (AvgIpc) is 2.33. The molecule has 0 saturated heterocycles. The number of benzene rings is 1. The molecule has 102 valence electrons. The van der Waals surface area contributed by atoms with E-state index in [1.54, 1.807) is 0 Å². The predicted octanol–water partition coefficient (Wildman–Crippen LogP) is 3.79. The van der Waals surface area contributed by atoms with Gasteiger partial charge in [0.05, 0.1) is 12.6 Å². The summed E-state index contributed by atoms with van der Waals surface area (Å²) in [4.78, 5) is 0. The smallest absolute Gasteiger partial charge is 0.0661 e. The lowest BCUT2D eigenvalue weighted by Crippen LogP contribution is -2.26. The van der Waals surface area contributed by atoms with Crippen molar-refractivity contribution in [2.75, 3.05) is 19.8 Å². The van der Waals surface area contributed by atoms with Crippen molar-refractivity contribution in [3.63, 3.8) is 0 Å². The Morgan fingerprint density at radius 3 is 2.39 bits per heavy atom. The Bertz CT molecular complexity index is 316. The highest BCUT2D eigenvalue weighted by Gasteiger charge is 2.12. The number of hydrogen-bond acceptors (Lipinski definition) is 2. The summed E-state index contributed by atoms with van der Waals surface area (Å²) in [5, 5.41) is 3.47. The molecule has 0 aliphatic heterocycles. The molecule has 1 N–H and O–H groups in total. The maximum Gasteiger partial charge on any atom is 0.0661 e. The van der Waals surface area contributed by atoms with Crippen LogP contribution >= 0.6 is 0 Å². The Labute approximate surface area is 112 Å². The van der Waals surface area contributed by atoms with Crippen LogP contribution in [-0.2, 0) is 4.74 Å². The van der Waals surface area contributed by atoms with Crippen molar-refractivity contribution in [1.29, 1.82) is 0 Å². The van der Waals surface area contributed by atoms with E-state index < -0.39 is 0 Å². The minimum Gasteiger partial charge on any atom is -0.379 e. The second kappa shape index (κ2) is 7.55. The molecule has 0 amide bonds. The van der Waals surface area contributed by atoms with Crippen LogP contribution in [0.25, 0.3) is 0 Å². The first-order valence-corrected chi connectivity index (χ1v) is 6.89. The first-order chi connectivity index (χ1) is 8.53. The summed E-state index contributed by atoms with van der Waals surface area (Å²) in [7, 11) is 0. The minimum absolute atomic E-state index is 0.302. The standard InChI is InChI=1S/C16H27NO/c1-5-17-15(14-9-7-6-8-10-14)13-18-12-11-16(2,3)4/h6-10,15,17H,5,11-13H2,1-4H3. The lowest BCUT2D eigenvalue weighted by atomic mass is 9.93. The van der Waals surface area contributed by atoms with Gasteiger partial charge < -0.3 is 10.1 Å². The fourth-order valence-electron chi connectivity index (χ4n) is 1.78. The normalized spacial score (nSPS) is 13.6. The maximum absolute atomic E-state index is 5.82. The summed E-state index contributed by atoms with van der Waals surface area (Å²) >= 11 is 0. The van der Waals surface area contributed by atoms with E-state index in [1.165, 1.54) is 5.56 Å². The molecular formula is C16H27NO. The Morgan fingerprint density at radius 1 is 1.17 bits per heavy atom. The van der Waals surface area contributed by atoms with Gasteiger partial charge in [-0.1, -0.05) is 58.0 Å². The van der Waals surface area contributed by atoms with Crippen LogP contribution in [0.3, 0.4) is 0 Å². The monoisotopic (exact) mass is 249 g/mol. The molecule has 1 rings (SSSR count). The van der Waals surface area contributed by atoms with Crippen LogP contribution in [0.2, 0.25) is 0 Å². The summed E-state index contributed by atoms with van der Waals surface area (Å²) in [5.74, 6) is 0. The molecular weight excluding hydrogens is 222 g/mol. The van der Waals surface area contributed by atoms with Gasteiger partial charge in [0.2, 0.25) is 0 Å². The number of nitrogens with one attached hydrogen (secondary N) is 1. The predicted molar refractivity (Wildman–Crippen MR) is 77.8 cm³/mol. The molecule has 1 unspecified atom stereocenters. The summed E-state index contributed by atoms with van der Waals surface area (Å²) < 4.78 is 5.82. The quantitative estimate of drug-likeness (QED) is 0.742. The van der Waals surface area contributed by atoms with E-state index in [1.807, 2.05) is 6.07 Å². The zero-order valence-corrected chi connectivity index (χ0v) is 12.2. The number of rotatable bonds is 7. The Balaban J connectivity index is 2.40. The van der Waals surface area contributed by atoms with Crippen LogP contribution in [0.1, 0.15) is 45.7 Å². The Morgan fingerprint density at radius 2 is 1.83 bits per heavy atom. The Kier molecular flexibility index (Phi) is 6.37. The van der Waals surface area contributed by atoms with Gasteiger partial charge in [-0.2, -0.15) is 0 Å². The topological polar surface area (TPSA) is 21.3 Å². The fraction of sp³-hybridized carbons (Fsp3) is 0.625. The molecule has 1 atom stereocenters. The van der Waals surface area contributed by atoms with Gasteiger partial charge in [0, 0.05) is 6.61 Å². The van der Waals surface area contributed by atoms with Crippen molar-refractivity contribution in [3.8, 4) is 0 Å². The van der Waals surface area contributed by atoms with Crippen molar-refractivity contribution >= 4 is 0 Å². The van der Waals surface area contributed by atoms with Gasteiger partial charge in [0.25, 0.3) is 0 Å². The minimum atomic E-state index is 0.302. The van der Waals surface area contributed by atoms with Crippen molar-refractivity contribution < 1.29 is 4.74 Å². The molecule has 0 aromatic heterocycles. The lowest BCUT2D eigenvalue weighted by molar-refractivity contribution is 0.0901. The van der Waals surface area contributed by atoms with Crippen LogP contribution in [0.15, 0.2) is 30.3 Å².